The Morgan fingerprint density at radius 3 is 2.75 bits per heavy atom. The van der Waals surface area contributed by atoms with Crippen molar-refractivity contribution in [3.05, 3.63) is 48.2 Å². The van der Waals surface area contributed by atoms with Crippen molar-refractivity contribution < 1.29 is 23.0 Å². The Morgan fingerprint density at radius 1 is 1.31 bits per heavy atom. The van der Waals surface area contributed by atoms with Crippen molar-refractivity contribution in [3.63, 3.8) is 0 Å². The molecule has 1 N–H and O–H groups in total. The van der Waals surface area contributed by atoms with Gasteiger partial charge in [0.1, 0.15) is 17.8 Å². The molecule has 2 aromatic rings. The van der Waals surface area contributed by atoms with Crippen molar-refractivity contribution >= 4 is 11.6 Å². The number of amides is 1. The van der Waals surface area contributed by atoms with E-state index in [4.69, 9.17) is 14.7 Å². The van der Waals surface area contributed by atoms with Crippen LogP contribution in [-0.4, -0.2) is 43.1 Å². The topological polar surface area (TPSA) is 87.5 Å². The number of nitrogens with one attached hydrogen (secondary N) is 1. The van der Waals surface area contributed by atoms with Crippen molar-refractivity contribution in [2.45, 2.75) is 38.8 Å². The first kappa shape index (κ1) is 23.3. The van der Waals surface area contributed by atoms with E-state index >= 15 is 0 Å². The minimum absolute atomic E-state index is 0.0203. The lowest BCUT2D eigenvalue weighted by Crippen LogP contribution is -2.30. The number of aromatic nitrogens is 1. The third-order valence-electron chi connectivity index (χ3n) is 5.21. The van der Waals surface area contributed by atoms with E-state index in [1.807, 2.05) is 43.3 Å². The predicted molar refractivity (Wildman–Crippen MR) is 115 cm³/mol. The van der Waals surface area contributed by atoms with Gasteiger partial charge in [-0.3, -0.25) is 4.79 Å². The summed E-state index contributed by atoms with van der Waals surface area (Å²) >= 11 is 0. The highest BCUT2D eigenvalue weighted by Gasteiger charge is 2.25. The fourth-order valence-electron chi connectivity index (χ4n) is 3.39. The van der Waals surface area contributed by atoms with Crippen molar-refractivity contribution in [1.29, 1.82) is 5.26 Å². The van der Waals surface area contributed by atoms with Gasteiger partial charge in [0, 0.05) is 30.9 Å². The quantitative estimate of drug-likeness (QED) is 0.634. The summed E-state index contributed by atoms with van der Waals surface area (Å²) in [5, 5.41) is 11.7. The molecule has 1 aromatic carbocycles. The van der Waals surface area contributed by atoms with Gasteiger partial charge in [-0.25, -0.2) is 13.8 Å². The molecule has 1 saturated heterocycles. The predicted octanol–water partition coefficient (Wildman–Crippen LogP) is 3.72. The number of hydrogen-bond acceptors (Lipinski definition) is 6. The van der Waals surface area contributed by atoms with E-state index in [1.54, 1.807) is 19.2 Å². The number of nitrogens with zero attached hydrogens (tertiary/aromatic N) is 3. The second-order valence-corrected chi connectivity index (χ2v) is 7.68. The third-order valence-corrected chi connectivity index (χ3v) is 5.21. The molecule has 0 bridgehead atoms. The molecule has 1 fully saturated rings. The van der Waals surface area contributed by atoms with Crippen molar-refractivity contribution in [2.75, 3.05) is 24.6 Å². The number of alkyl halides is 2. The van der Waals surface area contributed by atoms with Crippen molar-refractivity contribution in [3.8, 4) is 17.7 Å². The number of benzene rings is 1. The second-order valence-electron chi connectivity index (χ2n) is 7.68. The Labute approximate surface area is 186 Å². The first-order valence-electron chi connectivity index (χ1n) is 10.4. The van der Waals surface area contributed by atoms with Crippen LogP contribution in [0.3, 0.4) is 0 Å². The largest absolute Gasteiger partial charge is 0.489 e. The van der Waals surface area contributed by atoms with E-state index < -0.39 is 19.0 Å². The minimum Gasteiger partial charge on any atom is -0.489 e. The zero-order valence-electron chi connectivity index (χ0n) is 18.0. The molecular weight excluding hydrogens is 418 g/mol. The van der Waals surface area contributed by atoms with Crippen LogP contribution >= 0.6 is 0 Å². The molecular formula is C23H26F2N4O3. The van der Waals surface area contributed by atoms with Gasteiger partial charge in [-0.05, 0) is 37.6 Å². The minimum atomic E-state index is -2.54. The number of halogens is 2. The smallest absolute Gasteiger partial charge is 0.272 e. The number of ether oxygens (including phenoxy) is 2. The van der Waals surface area contributed by atoms with Crippen LogP contribution in [0.5, 0.6) is 11.6 Å². The maximum Gasteiger partial charge on any atom is 0.272 e. The summed E-state index contributed by atoms with van der Waals surface area (Å²) in [5.41, 5.74) is 1.76. The Morgan fingerprint density at radius 2 is 2.06 bits per heavy atom. The molecule has 1 aliphatic rings. The Balaban J connectivity index is 1.53. The average molecular weight is 444 g/mol. The van der Waals surface area contributed by atoms with E-state index in [0.29, 0.717) is 6.54 Å². The molecule has 1 aliphatic heterocycles. The third kappa shape index (κ3) is 6.30. The molecule has 0 aliphatic carbocycles. The summed E-state index contributed by atoms with van der Waals surface area (Å²) in [5.74, 6) is -0.101. The van der Waals surface area contributed by atoms with Gasteiger partial charge in [-0.1, -0.05) is 12.1 Å². The van der Waals surface area contributed by atoms with Crippen LogP contribution in [0.4, 0.5) is 14.5 Å². The van der Waals surface area contributed by atoms with E-state index in [0.717, 1.165) is 30.0 Å². The highest BCUT2D eigenvalue weighted by Crippen LogP contribution is 2.26. The lowest BCUT2D eigenvalue weighted by atomic mass is 10.1. The summed E-state index contributed by atoms with van der Waals surface area (Å²) in [7, 11) is 0. The maximum absolute atomic E-state index is 12.3. The SMILES string of the molecule is CC(C#N)C(=O)N[C@@H](C)c1ccc(OC2CCN(c3ccnc(OCC(F)F)c3)C2)cc1. The highest BCUT2D eigenvalue weighted by atomic mass is 19.3. The lowest BCUT2D eigenvalue weighted by molar-refractivity contribution is -0.123. The number of rotatable bonds is 9. The number of anilines is 1. The molecule has 0 spiro atoms. The van der Waals surface area contributed by atoms with Gasteiger partial charge in [-0.15, -0.1) is 0 Å². The van der Waals surface area contributed by atoms with Crippen molar-refractivity contribution in [1.82, 2.24) is 10.3 Å². The van der Waals surface area contributed by atoms with Crippen LogP contribution in [0.15, 0.2) is 42.6 Å². The molecule has 0 radical (unpaired) electrons. The Kier molecular flexibility index (Phi) is 7.82. The van der Waals surface area contributed by atoms with E-state index in [2.05, 4.69) is 15.2 Å². The molecule has 2 unspecified atom stereocenters. The van der Waals surface area contributed by atoms with Gasteiger partial charge in [-0.2, -0.15) is 5.26 Å². The number of carbonyl (C=O) groups is 1. The van der Waals surface area contributed by atoms with E-state index in [9.17, 15) is 13.6 Å². The van der Waals surface area contributed by atoms with Crippen LogP contribution in [-0.2, 0) is 4.79 Å². The fourth-order valence-corrected chi connectivity index (χ4v) is 3.39. The van der Waals surface area contributed by atoms with Gasteiger partial charge in [0.2, 0.25) is 11.8 Å². The molecule has 3 atom stereocenters. The summed E-state index contributed by atoms with van der Waals surface area (Å²) < 4.78 is 35.8. The summed E-state index contributed by atoms with van der Waals surface area (Å²) in [6, 6.07) is 12.7. The maximum atomic E-state index is 12.3. The molecule has 3 rings (SSSR count). The zero-order valence-corrected chi connectivity index (χ0v) is 18.0. The first-order chi connectivity index (χ1) is 15.4. The zero-order chi connectivity index (χ0) is 23.1. The van der Waals surface area contributed by atoms with Crippen LogP contribution < -0.4 is 19.7 Å². The highest BCUT2D eigenvalue weighted by molar-refractivity contribution is 5.81. The van der Waals surface area contributed by atoms with Gasteiger partial charge in [0.15, 0.2) is 6.61 Å². The summed E-state index contributed by atoms with van der Waals surface area (Å²) in [6.45, 7) is 4.16. The summed E-state index contributed by atoms with van der Waals surface area (Å²) in [6.07, 6.45) is -0.208. The molecule has 0 saturated carbocycles. The molecule has 32 heavy (non-hydrogen) atoms. The monoisotopic (exact) mass is 444 g/mol. The lowest BCUT2D eigenvalue weighted by Gasteiger charge is -2.20. The number of carbonyl (C=O) groups excluding carboxylic acids is 1. The first-order valence-corrected chi connectivity index (χ1v) is 10.4. The van der Waals surface area contributed by atoms with Gasteiger partial charge < -0.3 is 19.7 Å². The van der Waals surface area contributed by atoms with Crippen LogP contribution in [0.1, 0.15) is 31.9 Å². The summed E-state index contributed by atoms with van der Waals surface area (Å²) in [4.78, 5) is 18.0. The normalized spacial score (nSPS) is 17.5. The molecule has 9 heteroatoms. The number of nitriles is 1. The average Bonchev–Trinajstić information content (AvgIpc) is 3.26. The molecule has 2 heterocycles. The van der Waals surface area contributed by atoms with Crippen LogP contribution in [0, 0.1) is 17.2 Å². The standard InChI is InChI=1S/C23H26F2N4O3/c1-15(12-26)23(30)28-16(2)17-3-5-19(6-4-17)32-20-8-10-29(13-20)18-7-9-27-22(11-18)31-14-21(24)25/h3-7,9,11,15-16,20-21H,8,10,13-14H2,1-2H3,(H,28,30)/t15?,16-,20?/m0/s1. The Bertz CT molecular complexity index is 949. The molecule has 170 valence electrons. The Hall–Kier alpha value is -3.41. The number of pyridine rings is 1. The van der Waals surface area contributed by atoms with Gasteiger partial charge in [0.05, 0.1) is 18.7 Å². The molecule has 1 aromatic heterocycles. The van der Waals surface area contributed by atoms with Crippen molar-refractivity contribution in [2.24, 2.45) is 5.92 Å². The van der Waals surface area contributed by atoms with E-state index in [-0.39, 0.29) is 23.9 Å². The van der Waals surface area contributed by atoms with Gasteiger partial charge >= 0.3 is 0 Å². The molecule has 7 nitrogen and oxygen atoms in total. The number of hydrogen-bond donors (Lipinski definition) is 1. The second kappa shape index (κ2) is 10.8. The van der Waals surface area contributed by atoms with E-state index in [1.165, 1.54) is 0 Å². The van der Waals surface area contributed by atoms with Crippen LogP contribution in [0.25, 0.3) is 0 Å². The molecule has 1 amide bonds. The van der Waals surface area contributed by atoms with Crippen LogP contribution in [0.2, 0.25) is 0 Å². The fraction of sp³-hybridized carbons (Fsp3) is 0.435. The van der Waals surface area contributed by atoms with Gasteiger partial charge in [0.25, 0.3) is 6.43 Å².